The second kappa shape index (κ2) is 5.03. The second-order valence-electron chi connectivity index (χ2n) is 4.47. The molecule has 1 aromatic carbocycles. The van der Waals surface area contributed by atoms with Crippen LogP contribution in [-0.2, 0) is 0 Å². The Morgan fingerprint density at radius 2 is 1.94 bits per heavy atom. The molecule has 4 heteroatoms. The van der Waals surface area contributed by atoms with Crippen molar-refractivity contribution in [1.29, 1.82) is 0 Å². The number of aliphatic hydroxyl groups excluding tert-OH is 1. The van der Waals surface area contributed by atoms with Gasteiger partial charge in [-0.2, -0.15) is 0 Å². The Morgan fingerprint density at radius 3 is 2.50 bits per heavy atom. The molecular weight excluding hydrogens is 312 g/mol. The maximum atomic E-state index is 10.2. The monoisotopic (exact) mass is 324 g/mol. The number of halogens is 1. The van der Waals surface area contributed by atoms with Crippen molar-refractivity contribution < 1.29 is 9.84 Å². The Balaban J connectivity index is 1.74. The van der Waals surface area contributed by atoms with Crippen molar-refractivity contribution in [3.63, 3.8) is 0 Å². The van der Waals surface area contributed by atoms with Gasteiger partial charge in [-0.3, -0.25) is 0 Å². The SMILES string of the molecule is OC(c1ccc(OC2CC2)cc1)c1csc(Br)c1. The van der Waals surface area contributed by atoms with Crippen LogP contribution in [0.5, 0.6) is 5.75 Å². The molecule has 0 bridgehead atoms. The lowest BCUT2D eigenvalue weighted by atomic mass is 10.0. The minimum Gasteiger partial charge on any atom is -0.490 e. The molecule has 0 aliphatic heterocycles. The van der Waals surface area contributed by atoms with Crippen LogP contribution in [0.4, 0.5) is 0 Å². The van der Waals surface area contributed by atoms with E-state index in [0.29, 0.717) is 6.10 Å². The smallest absolute Gasteiger partial charge is 0.119 e. The van der Waals surface area contributed by atoms with Gasteiger partial charge in [0.15, 0.2) is 0 Å². The van der Waals surface area contributed by atoms with E-state index in [1.807, 2.05) is 35.7 Å². The van der Waals surface area contributed by atoms with Crippen molar-refractivity contribution in [3.8, 4) is 5.75 Å². The van der Waals surface area contributed by atoms with Crippen LogP contribution in [0, 0.1) is 0 Å². The normalized spacial score (nSPS) is 16.6. The van der Waals surface area contributed by atoms with Crippen LogP contribution in [0.2, 0.25) is 0 Å². The summed E-state index contributed by atoms with van der Waals surface area (Å²) < 4.78 is 6.72. The lowest BCUT2D eigenvalue weighted by Gasteiger charge is -2.10. The molecule has 1 heterocycles. The average molecular weight is 325 g/mol. The molecule has 1 atom stereocenters. The highest BCUT2D eigenvalue weighted by Gasteiger charge is 2.23. The Labute approximate surface area is 118 Å². The topological polar surface area (TPSA) is 29.5 Å². The predicted molar refractivity (Wildman–Crippen MR) is 76.2 cm³/mol. The van der Waals surface area contributed by atoms with Crippen LogP contribution in [-0.4, -0.2) is 11.2 Å². The maximum absolute atomic E-state index is 10.2. The fourth-order valence-electron chi connectivity index (χ4n) is 1.77. The molecule has 2 aromatic rings. The number of hydrogen-bond acceptors (Lipinski definition) is 3. The Kier molecular flexibility index (Phi) is 3.41. The largest absolute Gasteiger partial charge is 0.490 e. The second-order valence-corrected chi connectivity index (χ2v) is 6.76. The van der Waals surface area contributed by atoms with Gasteiger partial charge in [-0.1, -0.05) is 12.1 Å². The van der Waals surface area contributed by atoms with E-state index in [4.69, 9.17) is 4.74 Å². The molecule has 1 aromatic heterocycles. The van der Waals surface area contributed by atoms with E-state index in [0.717, 1.165) is 33.5 Å². The summed E-state index contributed by atoms with van der Waals surface area (Å²) in [6, 6.07) is 9.66. The summed E-state index contributed by atoms with van der Waals surface area (Å²) in [5, 5.41) is 12.2. The molecule has 0 spiro atoms. The average Bonchev–Trinajstić information content (AvgIpc) is 3.09. The molecule has 18 heavy (non-hydrogen) atoms. The molecule has 0 amide bonds. The number of hydrogen-bond donors (Lipinski definition) is 1. The van der Waals surface area contributed by atoms with E-state index in [1.165, 1.54) is 0 Å². The third-order valence-corrected chi connectivity index (χ3v) is 4.45. The first-order chi connectivity index (χ1) is 8.72. The van der Waals surface area contributed by atoms with Crippen molar-refractivity contribution >= 4 is 27.3 Å². The molecule has 2 nitrogen and oxygen atoms in total. The van der Waals surface area contributed by atoms with Crippen molar-refractivity contribution in [3.05, 3.63) is 50.6 Å². The number of rotatable bonds is 4. The van der Waals surface area contributed by atoms with Crippen LogP contribution in [0.25, 0.3) is 0 Å². The molecule has 0 radical (unpaired) electrons. The molecule has 1 aliphatic carbocycles. The van der Waals surface area contributed by atoms with Gasteiger partial charge in [0.1, 0.15) is 11.9 Å². The molecule has 1 saturated carbocycles. The predicted octanol–water partition coefficient (Wildman–Crippen LogP) is 4.13. The van der Waals surface area contributed by atoms with Gasteiger partial charge < -0.3 is 9.84 Å². The number of thiophene rings is 1. The van der Waals surface area contributed by atoms with Crippen molar-refractivity contribution in [1.82, 2.24) is 0 Å². The first-order valence-corrected chi connectivity index (χ1v) is 7.58. The van der Waals surface area contributed by atoms with Crippen LogP contribution >= 0.6 is 27.3 Å². The minimum atomic E-state index is -0.567. The van der Waals surface area contributed by atoms with Crippen LogP contribution in [0.1, 0.15) is 30.1 Å². The third-order valence-electron chi connectivity index (χ3n) is 2.93. The third kappa shape index (κ3) is 2.76. The lowest BCUT2D eigenvalue weighted by molar-refractivity contribution is 0.220. The van der Waals surface area contributed by atoms with Gasteiger partial charge in [-0.25, -0.2) is 0 Å². The van der Waals surface area contributed by atoms with Gasteiger partial charge in [-0.15, -0.1) is 11.3 Å². The first-order valence-electron chi connectivity index (χ1n) is 5.91. The Hall–Kier alpha value is -0.840. The Morgan fingerprint density at radius 1 is 1.22 bits per heavy atom. The van der Waals surface area contributed by atoms with Crippen molar-refractivity contribution in [2.24, 2.45) is 0 Å². The Bertz CT molecular complexity index is 531. The van der Waals surface area contributed by atoms with Gasteiger partial charge in [0, 0.05) is 0 Å². The summed E-state index contributed by atoms with van der Waals surface area (Å²) in [7, 11) is 0. The molecule has 1 fully saturated rings. The van der Waals surface area contributed by atoms with E-state index >= 15 is 0 Å². The maximum Gasteiger partial charge on any atom is 0.119 e. The van der Waals surface area contributed by atoms with Gasteiger partial charge in [-0.05, 0) is 63.5 Å². The summed E-state index contributed by atoms with van der Waals surface area (Å²) in [5.41, 5.74) is 1.81. The van der Waals surface area contributed by atoms with Gasteiger partial charge >= 0.3 is 0 Å². The summed E-state index contributed by atoms with van der Waals surface area (Å²) in [6.07, 6.45) is 2.16. The van der Waals surface area contributed by atoms with E-state index in [-0.39, 0.29) is 0 Å². The van der Waals surface area contributed by atoms with E-state index in [2.05, 4.69) is 15.9 Å². The zero-order valence-corrected chi connectivity index (χ0v) is 12.1. The van der Waals surface area contributed by atoms with Crippen molar-refractivity contribution in [2.45, 2.75) is 25.0 Å². The molecule has 1 N–H and O–H groups in total. The molecule has 94 valence electrons. The van der Waals surface area contributed by atoms with Crippen molar-refractivity contribution in [2.75, 3.05) is 0 Å². The van der Waals surface area contributed by atoms with E-state index in [1.54, 1.807) is 11.3 Å². The number of ether oxygens (including phenoxy) is 1. The lowest BCUT2D eigenvalue weighted by Crippen LogP contribution is -1.99. The van der Waals surface area contributed by atoms with Gasteiger partial charge in [0.2, 0.25) is 0 Å². The van der Waals surface area contributed by atoms with Gasteiger partial charge in [0.25, 0.3) is 0 Å². The zero-order chi connectivity index (χ0) is 12.5. The number of aliphatic hydroxyl groups is 1. The molecule has 1 unspecified atom stereocenters. The van der Waals surface area contributed by atoms with Gasteiger partial charge in [0.05, 0.1) is 9.89 Å². The summed E-state index contributed by atoms with van der Waals surface area (Å²) >= 11 is 4.99. The van der Waals surface area contributed by atoms with Crippen LogP contribution in [0.3, 0.4) is 0 Å². The summed E-state index contributed by atoms with van der Waals surface area (Å²) in [4.78, 5) is 0. The summed E-state index contributed by atoms with van der Waals surface area (Å²) in [6.45, 7) is 0. The molecule has 1 aliphatic rings. The zero-order valence-electron chi connectivity index (χ0n) is 9.67. The highest BCUT2D eigenvalue weighted by atomic mass is 79.9. The quantitative estimate of drug-likeness (QED) is 0.916. The summed E-state index contributed by atoms with van der Waals surface area (Å²) in [5.74, 6) is 0.889. The number of benzene rings is 1. The fraction of sp³-hybridized carbons (Fsp3) is 0.286. The van der Waals surface area contributed by atoms with Crippen LogP contribution in [0.15, 0.2) is 39.5 Å². The molecule has 0 saturated heterocycles. The van der Waals surface area contributed by atoms with Crippen LogP contribution < -0.4 is 4.74 Å². The first kappa shape index (κ1) is 12.2. The van der Waals surface area contributed by atoms with E-state index < -0.39 is 6.10 Å². The van der Waals surface area contributed by atoms with E-state index in [9.17, 15) is 5.11 Å². The fourth-order valence-corrected chi connectivity index (χ4v) is 2.96. The highest BCUT2D eigenvalue weighted by Crippen LogP contribution is 2.31. The molecular formula is C14H13BrO2S. The minimum absolute atomic E-state index is 0.411. The molecule has 3 rings (SSSR count). The standard InChI is InChI=1S/C14H13BrO2S/c15-13-7-10(8-18-13)14(16)9-1-3-11(4-2-9)17-12-5-6-12/h1-4,7-8,12,14,16H,5-6H2. The highest BCUT2D eigenvalue weighted by molar-refractivity contribution is 9.11.